The highest BCUT2D eigenvalue weighted by Crippen LogP contribution is 2.45. The van der Waals surface area contributed by atoms with Gasteiger partial charge in [0.2, 0.25) is 0 Å². The number of amides is 4. The largest absolute Gasteiger partial charge is 0.274 e. The van der Waals surface area contributed by atoms with E-state index in [2.05, 4.69) is 27.7 Å². The maximum absolute atomic E-state index is 14.7. The molecule has 7 rings (SSSR count). The van der Waals surface area contributed by atoms with Gasteiger partial charge in [-0.25, -0.2) is 0 Å². The lowest BCUT2D eigenvalue weighted by molar-refractivity contribution is 0.0562. The van der Waals surface area contributed by atoms with E-state index in [1.54, 1.807) is 12.4 Å². The third-order valence-electron chi connectivity index (χ3n) is 18.2. The molecule has 2 atom stereocenters. The summed E-state index contributed by atoms with van der Waals surface area (Å²) >= 11 is 0. The maximum Gasteiger partial charge on any atom is 0.262 e. The van der Waals surface area contributed by atoms with Gasteiger partial charge in [-0.3, -0.25) is 38.9 Å². The smallest absolute Gasteiger partial charge is 0.262 e. The molecule has 0 spiro atoms. The second-order valence-corrected chi connectivity index (χ2v) is 24.5. The van der Waals surface area contributed by atoms with Gasteiger partial charge in [-0.2, -0.15) is 0 Å². The number of hydrogen-bond donors (Lipinski definition) is 0. The van der Waals surface area contributed by atoms with Gasteiger partial charge in [0.25, 0.3) is 23.6 Å². The quantitative estimate of drug-likeness (QED) is 0.0167. The molecule has 2 unspecified atom stereocenters. The van der Waals surface area contributed by atoms with Gasteiger partial charge in [-0.1, -0.05) is 271 Å². The normalized spacial score (nSPS) is 14.5. The van der Waals surface area contributed by atoms with E-state index in [-0.39, 0.29) is 35.5 Å². The van der Waals surface area contributed by atoms with Gasteiger partial charge in [-0.05, 0) is 49.7 Å². The summed E-state index contributed by atoms with van der Waals surface area (Å²) in [6, 6.07) is 7.68. The van der Waals surface area contributed by atoms with Crippen molar-refractivity contribution in [1.82, 2.24) is 19.8 Å². The van der Waals surface area contributed by atoms with Gasteiger partial charge >= 0.3 is 0 Å². The first kappa shape index (κ1) is 61.2. The molecule has 3 aromatic carbocycles. The predicted octanol–water partition coefficient (Wildman–Crippen LogP) is 20.6. The minimum absolute atomic E-state index is 0.227. The molecule has 5 aromatic rings. The fraction of sp³-hybridized carbons (Fsp3) is 0.686. The molecule has 0 fully saturated rings. The first-order chi connectivity index (χ1) is 38.3. The Morgan fingerprint density at radius 2 is 0.551 bits per heavy atom. The molecule has 2 aliphatic rings. The van der Waals surface area contributed by atoms with Crippen LogP contribution in [-0.2, 0) is 0 Å². The average molecular weight is 1070 g/mol. The Morgan fingerprint density at radius 3 is 0.821 bits per heavy atom. The number of aromatic nitrogens is 2. The van der Waals surface area contributed by atoms with Crippen LogP contribution >= 0.6 is 0 Å². The minimum atomic E-state index is -0.262. The van der Waals surface area contributed by atoms with Crippen molar-refractivity contribution < 1.29 is 19.2 Å². The van der Waals surface area contributed by atoms with Crippen molar-refractivity contribution in [3.8, 4) is 0 Å². The summed E-state index contributed by atoms with van der Waals surface area (Å²) in [6.07, 6.45) is 53.4. The molecule has 8 nitrogen and oxygen atoms in total. The molecule has 8 heteroatoms. The van der Waals surface area contributed by atoms with Crippen molar-refractivity contribution in [2.75, 3.05) is 13.1 Å². The third kappa shape index (κ3) is 16.4. The SMILES string of the molecule is CCCCCCCCCCCCC(CCCCCCCCCC)CN1C(=O)c2ccc3c4ncc5c6c(ccc(c7ncc(c2c37)C1=O)c64)C(=O)N(CC(CCCCCCCCCC)CCCCCCCCCCCC)C5=O. The van der Waals surface area contributed by atoms with Crippen LogP contribution in [0, 0.1) is 11.8 Å². The molecule has 4 amide bonds. The summed E-state index contributed by atoms with van der Waals surface area (Å²) in [5.74, 6) is -0.457. The lowest BCUT2D eigenvalue weighted by Gasteiger charge is -2.32. The maximum atomic E-state index is 14.7. The first-order valence-corrected chi connectivity index (χ1v) is 33.0. The van der Waals surface area contributed by atoms with Gasteiger partial charge < -0.3 is 0 Å². The number of benzene rings is 3. The van der Waals surface area contributed by atoms with Crippen LogP contribution in [0.15, 0.2) is 36.7 Å². The van der Waals surface area contributed by atoms with Crippen molar-refractivity contribution in [2.45, 2.75) is 285 Å². The molecule has 0 saturated carbocycles. The number of nitrogens with zero attached hydrogens (tertiary/aromatic N) is 4. The van der Waals surface area contributed by atoms with E-state index in [4.69, 9.17) is 9.97 Å². The summed E-state index contributed by atoms with van der Waals surface area (Å²) in [4.78, 5) is 72.1. The zero-order valence-corrected chi connectivity index (χ0v) is 49.7. The van der Waals surface area contributed by atoms with E-state index >= 15 is 0 Å². The molecule has 78 heavy (non-hydrogen) atoms. The Morgan fingerprint density at radius 1 is 0.308 bits per heavy atom. The molecular weight excluding hydrogens is 961 g/mol. The molecule has 0 N–H and O–H groups in total. The fourth-order valence-electron chi connectivity index (χ4n) is 13.5. The number of imide groups is 2. The minimum Gasteiger partial charge on any atom is -0.274 e. The van der Waals surface area contributed by atoms with Crippen molar-refractivity contribution in [2.24, 2.45) is 11.8 Å². The monoisotopic (exact) mass is 1060 g/mol. The standard InChI is InChI=1S/C70H104N4O4/c1-5-9-13-17-21-25-27-31-35-39-43-53(41-37-33-29-23-19-15-11-7-3)51-73-67(75)57-47-45-55-63-61(57)59(69(73)77)49-71-65(63)56-46-48-58-62-60(50-72-66(55)64(56)62)70(78)74(68(58)76)52-54(42-38-34-30-24-20-16-12-8-4)44-40-36-32-28-26-22-18-14-10-6-2/h45-50,53-54H,5-44,51-52H2,1-4H3. The second kappa shape index (κ2) is 33.3. The van der Waals surface area contributed by atoms with Gasteiger partial charge in [-0.15, -0.1) is 0 Å². The summed E-state index contributed by atoms with van der Waals surface area (Å²) in [5, 5.41) is 4.34. The van der Waals surface area contributed by atoms with Gasteiger partial charge in [0, 0.05) is 68.9 Å². The molecule has 0 radical (unpaired) electrons. The van der Waals surface area contributed by atoms with Crippen molar-refractivity contribution >= 4 is 67.0 Å². The molecule has 2 aromatic heterocycles. The second-order valence-electron chi connectivity index (χ2n) is 24.5. The van der Waals surface area contributed by atoms with Crippen molar-refractivity contribution in [3.05, 3.63) is 58.9 Å². The number of carbonyl (C=O) groups excluding carboxylic acids is 4. The molecule has 2 aliphatic heterocycles. The van der Waals surface area contributed by atoms with E-state index in [1.165, 1.54) is 215 Å². The van der Waals surface area contributed by atoms with Crippen LogP contribution < -0.4 is 0 Å². The van der Waals surface area contributed by atoms with E-state index < -0.39 is 0 Å². The van der Waals surface area contributed by atoms with Crippen LogP contribution in [0.5, 0.6) is 0 Å². The number of fused-ring (bicyclic) bond motifs is 2. The summed E-state index contributed by atoms with van der Waals surface area (Å²) in [5.41, 5.74) is 3.32. The van der Waals surface area contributed by atoms with Crippen LogP contribution in [0.25, 0.3) is 43.4 Å². The van der Waals surface area contributed by atoms with E-state index in [0.29, 0.717) is 57.1 Å². The Labute approximate surface area is 472 Å². The molecule has 428 valence electrons. The predicted molar refractivity (Wildman–Crippen MR) is 328 cm³/mol. The van der Waals surface area contributed by atoms with Gasteiger partial charge in [0.05, 0.1) is 22.2 Å². The Hall–Kier alpha value is -4.46. The summed E-state index contributed by atoms with van der Waals surface area (Å²) < 4.78 is 0. The lowest BCUT2D eigenvalue weighted by atomic mass is 9.85. The zero-order chi connectivity index (χ0) is 54.9. The zero-order valence-electron chi connectivity index (χ0n) is 49.7. The van der Waals surface area contributed by atoms with Crippen LogP contribution in [0.4, 0.5) is 0 Å². The first-order valence-electron chi connectivity index (χ1n) is 33.0. The lowest BCUT2D eigenvalue weighted by Crippen LogP contribution is -2.43. The number of hydrogen-bond acceptors (Lipinski definition) is 6. The number of unbranched alkanes of at least 4 members (excludes halogenated alkanes) is 32. The van der Waals surface area contributed by atoms with Crippen LogP contribution in [0.2, 0.25) is 0 Å². The third-order valence-corrected chi connectivity index (χ3v) is 18.2. The van der Waals surface area contributed by atoms with E-state index in [1.807, 2.05) is 24.3 Å². The van der Waals surface area contributed by atoms with E-state index in [0.717, 1.165) is 72.9 Å². The average Bonchev–Trinajstić information content (AvgIpc) is 3.63. The topological polar surface area (TPSA) is 101 Å². The van der Waals surface area contributed by atoms with Crippen molar-refractivity contribution in [1.29, 1.82) is 0 Å². The number of carbonyl (C=O) groups is 4. The number of rotatable bonds is 44. The Bertz CT molecular complexity index is 2340. The highest BCUT2D eigenvalue weighted by molar-refractivity contribution is 6.39. The molecule has 0 saturated heterocycles. The van der Waals surface area contributed by atoms with Gasteiger partial charge in [0.1, 0.15) is 0 Å². The van der Waals surface area contributed by atoms with Gasteiger partial charge in [0.15, 0.2) is 0 Å². The molecule has 4 heterocycles. The summed E-state index contributed by atoms with van der Waals surface area (Å²) in [7, 11) is 0. The highest BCUT2D eigenvalue weighted by atomic mass is 16.2. The molecular formula is C70H104N4O4. The van der Waals surface area contributed by atoms with Crippen LogP contribution in [-0.4, -0.2) is 56.5 Å². The molecule has 0 aliphatic carbocycles. The van der Waals surface area contributed by atoms with Crippen LogP contribution in [0.1, 0.15) is 326 Å². The van der Waals surface area contributed by atoms with E-state index in [9.17, 15) is 19.2 Å². The highest BCUT2D eigenvalue weighted by Gasteiger charge is 2.39. The summed E-state index contributed by atoms with van der Waals surface area (Å²) in [6.45, 7) is 9.95. The van der Waals surface area contributed by atoms with Crippen LogP contribution in [0.3, 0.4) is 0 Å². The number of pyridine rings is 2. The fourth-order valence-corrected chi connectivity index (χ4v) is 13.5. The molecule has 0 bridgehead atoms. The Balaban J connectivity index is 1.06. The van der Waals surface area contributed by atoms with Crippen molar-refractivity contribution in [3.63, 3.8) is 0 Å². The Kier molecular flexibility index (Phi) is 26.1.